The Morgan fingerprint density at radius 3 is 1.67 bits per heavy atom. The van der Waals surface area contributed by atoms with Crippen molar-refractivity contribution in [3.05, 3.63) is 13.2 Å². The zero-order chi connectivity index (χ0) is 10.6. The molecule has 0 saturated heterocycles. The van der Waals surface area contributed by atoms with E-state index in [0.29, 0.717) is 6.42 Å². The Balaban J connectivity index is -0.000000175. The third-order valence-corrected chi connectivity index (χ3v) is 0.911. The Kier molecular flexibility index (Phi) is 24.4. The van der Waals surface area contributed by atoms with Crippen molar-refractivity contribution in [1.82, 2.24) is 4.90 Å². The number of hydrogen-bond acceptors (Lipinski definition) is 2. The predicted octanol–water partition coefficient (Wildman–Crippen LogP) is 2.36. The highest BCUT2D eigenvalue weighted by Gasteiger charge is 1.92. The van der Waals surface area contributed by atoms with Crippen molar-refractivity contribution in [2.45, 2.75) is 27.2 Å². The van der Waals surface area contributed by atoms with Crippen molar-refractivity contribution < 1.29 is 4.79 Å². The first-order chi connectivity index (χ1) is 5.63. The van der Waals surface area contributed by atoms with Crippen LogP contribution >= 0.6 is 0 Å². The third-order valence-electron chi connectivity index (χ3n) is 0.911. The highest BCUT2D eigenvalue weighted by atomic mass is 16.1. The second-order valence-corrected chi connectivity index (χ2v) is 2.26. The highest BCUT2D eigenvalue weighted by Crippen LogP contribution is 1.82. The second kappa shape index (κ2) is 16.8. The van der Waals surface area contributed by atoms with E-state index in [1.54, 1.807) is 6.92 Å². The molecule has 0 atom stereocenters. The molecule has 0 saturated carbocycles. The van der Waals surface area contributed by atoms with Gasteiger partial charge in [-0.05, 0) is 21.0 Å². The summed E-state index contributed by atoms with van der Waals surface area (Å²) in [5.41, 5.74) is 0. The highest BCUT2D eigenvalue weighted by molar-refractivity contribution is 5.75. The van der Waals surface area contributed by atoms with E-state index in [-0.39, 0.29) is 5.78 Å². The first kappa shape index (κ1) is 17.5. The molecule has 0 aromatic carbocycles. The summed E-state index contributed by atoms with van der Waals surface area (Å²) < 4.78 is 0. The van der Waals surface area contributed by atoms with Crippen molar-refractivity contribution in [3.8, 4) is 0 Å². The zero-order valence-corrected chi connectivity index (χ0v) is 9.18. The fourth-order valence-corrected chi connectivity index (χ4v) is 0.381. The summed E-state index contributed by atoms with van der Waals surface area (Å²) in [7, 11) is 3.92. The molecule has 12 heavy (non-hydrogen) atoms. The average molecular weight is 173 g/mol. The summed E-state index contributed by atoms with van der Waals surface area (Å²) >= 11 is 0. The number of rotatable bonds is 3. The molecular weight excluding hydrogens is 150 g/mol. The van der Waals surface area contributed by atoms with E-state index in [4.69, 9.17) is 0 Å². The van der Waals surface area contributed by atoms with Crippen LogP contribution in [-0.4, -0.2) is 31.3 Å². The van der Waals surface area contributed by atoms with Crippen LogP contribution in [0.1, 0.15) is 27.2 Å². The molecule has 74 valence electrons. The van der Waals surface area contributed by atoms with E-state index in [0.717, 1.165) is 6.54 Å². The minimum atomic E-state index is 0.263. The van der Waals surface area contributed by atoms with Crippen LogP contribution in [-0.2, 0) is 4.79 Å². The van der Waals surface area contributed by atoms with Gasteiger partial charge in [-0.15, -0.1) is 13.2 Å². The standard InChI is InChI=1S/C6H13NO.C2H6.C2H4/c1-6(8)4-5-7(2)3;2*1-2/h4-5H2,1-3H3;1-2H3;1-2H2. The van der Waals surface area contributed by atoms with Gasteiger partial charge < -0.3 is 4.90 Å². The van der Waals surface area contributed by atoms with Gasteiger partial charge in [-0.3, -0.25) is 4.79 Å². The molecule has 0 unspecified atom stereocenters. The summed E-state index contributed by atoms with van der Waals surface area (Å²) in [6, 6.07) is 0. The van der Waals surface area contributed by atoms with Gasteiger partial charge in [0.05, 0.1) is 0 Å². The van der Waals surface area contributed by atoms with E-state index < -0.39 is 0 Å². The molecule has 0 aromatic heterocycles. The van der Waals surface area contributed by atoms with Gasteiger partial charge in [0.15, 0.2) is 0 Å². The van der Waals surface area contributed by atoms with Crippen LogP contribution in [0.3, 0.4) is 0 Å². The van der Waals surface area contributed by atoms with Gasteiger partial charge >= 0.3 is 0 Å². The number of Topliss-reactive ketones (excluding diaryl/α,β-unsaturated/α-hetero) is 1. The lowest BCUT2D eigenvalue weighted by Crippen LogP contribution is -2.15. The summed E-state index contributed by atoms with van der Waals surface area (Å²) in [5.74, 6) is 0.263. The smallest absolute Gasteiger partial charge is 0.131 e. The molecule has 2 heteroatoms. The first-order valence-corrected chi connectivity index (χ1v) is 4.27. The Labute approximate surface area is 77.3 Å². The topological polar surface area (TPSA) is 20.3 Å². The molecule has 0 radical (unpaired) electrons. The van der Waals surface area contributed by atoms with E-state index in [2.05, 4.69) is 13.2 Å². The molecule has 0 N–H and O–H groups in total. The molecule has 0 aromatic rings. The van der Waals surface area contributed by atoms with Gasteiger partial charge in [-0.1, -0.05) is 13.8 Å². The van der Waals surface area contributed by atoms with Gasteiger partial charge in [0.25, 0.3) is 0 Å². The molecule has 0 spiro atoms. The van der Waals surface area contributed by atoms with Crippen LogP contribution in [0, 0.1) is 0 Å². The monoisotopic (exact) mass is 173 g/mol. The minimum absolute atomic E-state index is 0.263. The fraction of sp³-hybridized carbons (Fsp3) is 0.700. The Bertz CT molecular complexity index is 89.8. The normalized spacial score (nSPS) is 7.50. The average Bonchev–Trinajstić information content (AvgIpc) is 2.08. The Morgan fingerprint density at radius 2 is 1.58 bits per heavy atom. The van der Waals surface area contributed by atoms with E-state index in [1.165, 1.54) is 0 Å². The minimum Gasteiger partial charge on any atom is -0.309 e. The largest absolute Gasteiger partial charge is 0.309 e. The maximum atomic E-state index is 10.3. The van der Waals surface area contributed by atoms with Crippen molar-refractivity contribution in [2.75, 3.05) is 20.6 Å². The SMILES string of the molecule is C=C.CC.CC(=O)CCN(C)C. The number of hydrogen-bond donors (Lipinski definition) is 0. The molecule has 0 rings (SSSR count). The van der Waals surface area contributed by atoms with Crippen molar-refractivity contribution >= 4 is 5.78 Å². The van der Waals surface area contributed by atoms with Gasteiger partial charge in [0.1, 0.15) is 5.78 Å². The van der Waals surface area contributed by atoms with Crippen molar-refractivity contribution in [3.63, 3.8) is 0 Å². The van der Waals surface area contributed by atoms with Gasteiger partial charge in [-0.2, -0.15) is 0 Å². The van der Waals surface area contributed by atoms with Crippen molar-refractivity contribution in [2.24, 2.45) is 0 Å². The third kappa shape index (κ3) is 34.4. The zero-order valence-electron chi connectivity index (χ0n) is 9.18. The quantitative estimate of drug-likeness (QED) is 0.611. The first-order valence-electron chi connectivity index (χ1n) is 4.27. The molecule has 0 aliphatic rings. The molecule has 0 aliphatic heterocycles. The van der Waals surface area contributed by atoms with Crippen LogP contribution in [0.4, 0.5) is 0 Å². The van der Waals surface area contributed by atoms with Crippen LogP contribution in [0.15, 0.2) is 13.2 Å². The van der Waals surface area contributed by atoms with Gasteiger partial charge in [0.2, 0.25) is 0 Å². The molecule has 2 nitrogen and oxygen atoms in total. The molecule has 0 fully saturated rings. The molecule has 0 amide bonds. The van der Waals surface area contributed by atoms with Crippen molar-refractivity contribution in [1.29, 1.82) is 0 Å². The lowest BCUT2D eigenvalue weighted by atomic mass is 10.3. The number of carbonyl (C=O) groups is 1. The maximum absolute atomic E-state index is 10.3. The van der Waals surface area contributed by atoms with Crippen LogP contribution < -0.4 is 0 Å². The second-order valence-electron chi connectivity index (χ2n) is 2.26. The van der Waals surface area contributed by atoms with Crippen LogP contribution in [0.5, 0.6) is 0 Å². The van der Waals surface area contributed by atoms with Gasteiger partial charge in [0, 0.05) is 13.0 Å². The predicted molar refractivity (Wildman–Crippen MR) is 56.5 cm³/mol. The molecule has 0 aliphatic carbocycles. The molecular formula is C10H23NO. The Hall–Kier alpha value is -0.630. The number of carbonyl (C=O) groups excluding carboxylic acids is 1. The summed E-state index contributed by atoms with van der Waals surface area (Å²) in [6.45, 7) is 12.5. The number of nitrogens with zero attached hydrogens (tertiary/aromatic N) is 1. The van der Waals surface area contributed by atoms with E-state index >= 15 is 0 Å². The summed E-state index contributed by atoms with van der Waals surface area (Å²) in [6.07, 6.45) is 0.674. The summed E-state index contributed by atoms with van der Waals surface area (Å²) in [5, 5.41) is 0. The lowest BCUT2D eigenvalue weighted by Gasteiger charge is -2.05. The molecule has 0 heterocycles. The fourth-order valence-electron chi connectivity index (χ4n) is 0.381. The lowest BCUT2D eigenvalue weighted by molar-refractivity contribution is -0.117. The summed E-state index contributed by atoms with van der Waals surface area (Å²) in [4.78, 5) is 12.3. The van der Waals surface area contributed by atoms with E-state index in [9.17, 15) is 4.79 Å². The molecule has 0 bridgehead atoms. The Morgan fingerprint density at radius 1 is 1.25 bits per heavy atom. The van der Waals surface area contributed by atoms with Crippen LogP contribution in [0.25, 0.3) is 0 Å². The maximum Gasteiger partial charge on any atom is 0.131 e. The number of ketones is 1. The van der Waals surface area contributed by atoms with Crippen LogP contribution in [0.2, 0.25) is 0 Å². The van der Waals surface area contributed by atoms with Gasteiger partial charge in [-0.25, -0.2) is 0 Å². The van der Waals surface area contributed by atoms with E-state index in [1.807, 2.05) is 32.8 Å².